The van der Waals surface area contributed by atoms with Crippen molar-refractivity contribution < 1.29 is 4.74 Å². The van der Waals surface area contributed by atoms with Gasteiger partial charge in [-0.3, -0.25) is 0 Å². The number of hydrogen-bond acceptors (Lipinski definition) is 3. The van der Waals surface area contributed by atoms with Crippen LogP contribution in [0.2, 0.25) is 5.02 Å². The number of fused-ring (bicyclic) bond motifs is 1. The fraction of sp³-hybridized carbons (Fsp3) is 0.296. The summed E-state index contributed by atoms with van der Waals surface area (Å²) < 4.78 is 5.04. The maximum atomic E-state index is 6.55. The molecule has 0 radical (unpaired) electrons. The molecule has 5 heteroatoms. The minimum absolute atomic E-state index is 0.735. The number of halogens is 1. The lowest BCUT2D eigenvalue weighted by atomic mass is 10.1. The number of ether oxygens (including phenoxy) is 1. The molecule has 4 aromatic rings. The topological polar surface area (TPSA) is 41.2 Å². The first kappa shape index (κ1) is 23.7. The Labute approximate surface area is 196 Å². The van der Waals surface area contributed by atoms with Gasteiger partial charge in [-0.05, 0) is 61.7 Å². The van der Waals surface area contributed by atoms with Crippen LogP contribution in [0.5, 0.6) is 5.75 Å². The molecule has 0 aliphatic carbocycles. The first-order valence-electron chi connectivity index (χ1n) is 11.2. The van der Waals surface area contributed by atoms with E-state index in [0.29, 0.717) is 0 Å². The summed E-state index contributed by atoms with van der Waals surface area (Å²) in [6, 6.07) is 22.2. The zero-order valence-corrected chi connectivity index (χ0v) is 20.1. The van der Waals surface area contributed by atoms with Crippen molar-refractivity contribution in [3.05, 3.63) is 77.3 Å². The van der Waals surface area contributed by atoms with Gasteiger partial charge in [0.05, 0.1) is 23.2 Å². The second-order valence-corrected chi connectivity index (χ2v) is 8.13. The van der Waals surface area contributed by atoms with Crippen molar-refractivity contribution in [2.24, 2.45) is 0 Å². The Morgan fingerprint density at radius 1 is 0.938 bits per heavy atom. The smallest absolute Gasteiger partial charge is 0.139 e. The number of nitrogens with one attached hydrogen (secondary N) is 1. The molecule has 4 rings (SSSR count). The van der Waals surface area contributed by atoms with E-state index < -0.39 is 0 Å². The van der Waals surface area contributed by atoms with Gasteiger partial charge in [-0.2, -0.15) is 0 Å². The summed E-state index contributed by atoms with van der Waals surface area (Å²) in [7, 11) is 1.68. The fourth-order valence-electron chi connectivity index (χ4n) is 3.67. The standard InChI is InChI=1S/C19H22ClN3.C8H10O/c1-3-11-23(12-4-2)14-9-10-15(16(20)13-14)19-21-17-7-5-6-8-18(17)22-19;1-7-5-3-4-6-8(7)9-2/h5-10,13H,3-4,11-12H2,1-2H3,(H,21,22);3-6H,1-2H3. The summed E-state index contributed by atoms with van der Waals surface area (Å²) in [5, 5.41) is 0.735. The van der Waals surface area contributed by atoms with E-state index in [4.69, 9.17) is 16.3 Å². The summed E-state index contributed by atoms with van der Waals surface area (Å²) in [6.07, 6.45) is 2.26. The van der Waals surface area contributed by atoms with Crippen LogP contribution >= 0.6 is 11.6 Å². The Balaban J connectivity index is 0.000000269. The second kappa shape index (κ2) is 11.6. The van der Waals surface area contributed by atoms with Crippen LogP contribution in [0.3, 0.4) is 0 Å². The third-order valence-corrected chi connectivity index (χ3v) is 5.58. The van der Waals surface area contributed by atoms with Crippen LogP contribution < -0.4 is 9.64 Å². The number of anilines is 1. The number of aryl methyl sites for hydroxylation is 1. The number of para-hydroxylation sites is 3. The Morgan fingerprint density at radius 2 is 1.62 bits per heavy atom. The van der Waals surface area contributed by atoms with Crippen molar-refractivity contribution in [1.29, 1.82) is 0 Å². The maximum absolute atomic E-state index is 6.55. The largest absolute Gasteiger partial charge is 0.496 e. The molecule has 168 valence electrons. The molecule has 1 heterocycles. The van der Waals surface area contributed by atoms with Crippen LogP contribution in [0.4, 0.5) is 5.69 Å². The third-order valence-electron chi connectivity index (χ3n) is 5.26. The van der Waals surface area contributed by atoms with E-state index in [2.05, 4.69) is 46.9 Å². The number of benzene rings is 3. The molecule has 4 nitrogen and oxygen atoms in total. The van der Waals surface area contributed by atoms with E-state index in [1.165, 1.54) is 11.3 Å². The molecule has 0 atom stereocenters. The Bertz CT molecular complexity index is 1100. The summed E-state index contributed by atoms with van der Waals surface area (Å²) in [5.41, 5.74) is 5.29. The van der Waals surface area contributed by atoms with E-state index >= 15 is 0 Å². The van der Waals surface area contributed by atoms with Gasteiger partial charge in [-0.25, -0.2) is 4.98 Å². The van der Waals surface area contributed by atoms with Crippen molar-refractivity contribution in [2.75, 3.05) is 25.1 Å². The van der Waals surface area contributed by atoms with Crippen LogP contribution in [-0.4, -0.2) is 30.2 Å². The van der Waals surface area contributed by atoms with Gasteiger partial charge in [0.25, 0.3) is 0 Å². The number of hydrogen-bond donors (Lipinski definition) is 1. The number of methoxy groups -OCH3 is 1. The van der Waals surface area contributed by atoms with Crippen LogP contribution in [0.25, 0.3) is 22.4 Å². The molecule has 32 heavy (non-hydrogen) atoms. The number of rotatable bonds is 7. The predicted octanol–water partition coefficient (Wildman–Crippen LogP) is 7.51. The molecule has 0 spiro atoms. The van der Waals surface area contributed by atoms with Gasteiger partial charge in [0.2, 0.25) is 0 Å². The van der Waals surface area contributed by atoms with Crippen LogP contribution in [0.15, 0.2) is 66.7 Å². The quantitative estimate of drug-likeness (QED) is 0.317. The molecule has 0 bridgehead atoms. The SMILES string of the molecule is CCCN(CCC)c1ccc(-c2nc3ccccc3[nH]2)c(Cl)c1.COc1ccccc1C. The number of aromatic amines is 1. The molecule has 0 aliphatic heterocycles. The van der Waals surface area contributed by atoms with Gasteiger partial charge >= 0.3 is 0 Å². The van der Waals surface area contributed by atoms with E-state index in [9.17, 15) is 0 Å². The number of aromatic nitrogens is 2. The summed E-state index contributed by atoms with van der Waals surface area (Å²) >= 11 is 6.55. The summed E-state index contributed by atoms with van der Waals surface area (Å²) in [5.74, 6) is 1.78. The summed E-state index contributed by atoms with van der Waals surface area (Å²) in [6.45, 7) is 8.53. The Hall–Kier alpha value is -2.98. The molecule has 0 fully saturated rings. The van der Waals surface area contributed by atoms with Crippen molar-refractivity contribution in [2.45, 2.75) is 33.6 Å². The highest BCUT2D eigenvalue weighted by Crippen LogP contribution is 2.31. The third kappa shape index (κ3) is 5.83. The highest BCUT2D eigenvalue weighted by molar-refractivity contribution is 6.33. The van der Waals surface area contributed by atoms with E-state index in [0.717, 1.165) is 59.1 Å². The van der Waals surface area contributed by atoms with E-state index in [1.54, 1.807) is 7.11 Å². The van der Waals surface area contributed by atoms with Crippen molar-refractivity contribution in [3.8, 4) is 17.1 Å². The zero-order chi connectivity index (χ0) is 22.9. The molecule has 0 aliphatic rings. The van der Waals surface area contributed by atoms with Crippen LogP contribution in [-0.2, 0) is 0 Å². The normalized spacial score (nSPS) is 10.5. The summed E-state index contributed by atoms with van der Waals surface area (Å²) in [4.78, 5) is 10.4. The lowest BCUT2D eigenvalue weighted by molar-refractivity contribution is 0.411. The molecule has 0 unspecified atom stereocenters. The maximum Gasteiger partial charge on any atom is 0.139 e. The lowest BCUT2D eigenvalue weighted by Gasteiger charge is -2.24. The van der Waals surface area contributed by atoms with E-state index in [1.807, 2.05) is 55.5 Å². The molecule has 3 aromatic carbocycles. The Kier molecular flexibility index (Phi) is 8.57. The minimum Gasteiger partial charge on any atom is -0.496 e. The average Bonchev–Trinajstić information content (AvgIpc) is 3.23. The Morgan fingerprint density at radius 3 is 2.22 bits per heavy atom. The molecular weight excluding hydrogens is 418 g/mol. The fourth-order valence-corrected chi connectivity index (χ4v) is 3.93. The highest BCUT2D eigenvalue weighted by Gasteiger charge is 2.12. The van der Waals surface area contributed by atoms with Crippen LogP contribution in [0.1, 0.15) is 32.3 Å². The predicted molar refractivity (Wildman–Crippen MR) is 137 cm³/mol. The zero-order valence-electron chi connectivity index (χ0n) is 19.4. The molecule has 0 saturated heterocycles. The van der Waals surface area contributed by atoms with Gasteiger partial charge in [-0.15, -0.1) is 0 Å². The van der Waals surface area contributed by atoms with Crippen LogP contribution in [0, 0.1) is 6.92 Å². The lowest BCUT2D eigenvalue weighted by Crippen LogP contribution is -2.24. The molecule has 1 N–H and O–H groups in total. The van der Waals surface area contributed by atoms with E-state index in [-0.39, 0.29) is 0 Å². The number of H-pyrrole nitrogens is 1. The number of imidazole rings is 1. The second-order valence-electron chi connectivity index (χ2n) is 7.72. The van der Waals surface area contributed by atoms with Gasteiger partial charge in [0.1, 0.15) is 11.6 Å². The highest BCUT2D eigenvalue weighted by atomic mass is 35.5. The minimum atomic E-state index is 0.735. The molecule has 1 aromatic heterocycles. The molecule has 0 amide bonds. The van der Waals surface area contributed by atoms with Crippen molar-refractivity contribution in [3.63, 3.8) is 0 Å². The van der Waals surface area contributed by atoms with Gasteiger partial charge in [0, 0.05) is 24.3 Å². The van der Waals surface area contributed by atoms with Gasteiger partial charge in [-0.1, -0.05) is 55.8 Å². The van der Waals surface area contributed by atoms with Crippen molar-refractivity contribution >= 4 is 28.3 Å². The number of nitrogens with zero attached hydrogens (tertiary/aromatic N) is 2. The molecule has 0 saturated carbocycles. The van der Waals surface area contributed by atoms with Gasteiger partial charge < -0.3 is 14.6 Å². The van der Waals surface area contributed by atoms with Crippen molar-refractivity contribution in [1.82, 2.24) is 9.97 Å². The first-order chi connectivity index (χ1) is 15.6. The monoisotopic (exact) mass is 449 g/mol. The van der Waals surface area contributed by atoms with Gasteiger partial charge in [0.15, 0.2) is 0 Å². The average molecular weight is 450 g/mol. The first-order valence-corrected chi connectivity index (χ1v) is 11.5. The molecular formula is C27H32ClN3O.